The summed E-state index contributed by atoms with van der Waals surface area (Å²) >= 11 is 0. The van der Waals surface area contributed by atoms with Crippen LogP contribution in [0.4, 0.5) is 11.8 Å². The third kappa shape index (κ3) is 6.01. The Balaban J connectivity index is 1.25. The number of ether oxygens (including phenoxy) is 2. The molecule has 7 rings (SSSR count). The van der Waals surface area contributed by atoms with Crippen LogP contribution in [0.2, 0.25) is 0 Å². The molecule has 2 fully saturated rings. The fraction of sp³-hybridized carbons (Fsp3) is 0.375. The number of aromatic amines is 1. The fourth-order valence-electron chi connectivity index (χ4n) is 6.40. The van der Waals surface area contributed by atoms with Gasteiger partial charge in [0.05, 0.1) is 6.33 Å². The summed E-state index contributed by atoms with van der Waals surface area (Å²) in [5.74, 6) is 1.30. The summed E-state index contributed by atoms with van der Waals surface area (Å²) in [5, 5.41) is 24.8. The number of nitrogens with zero attached hydrogens (tertiary/aromatic N) is 6. The number of carbonyl (C=O) groups is 1. The lowest BCUT2D eigenvalue weighted by Gasteiger charge is -2.27. The molecule has 2 aromatic carbocycles. The van der Waals surface area contributed by atoms with E-state index in [2.05, 4.69) is 55.1 Å². The molecule has 0 spiro atoms. The van der Waals surface area contributed by atoms with Gasteiger partial charge in [-0.05, 0) is 36.8 Å². The van der Waals surface area contributed by atoms with E-state index in [1.807, 2.05) is 36.4 Å². The zero-order valence-electron chi connectivity index (χ0n) is 25.0. The second-order valence-corrected chi connectivity index (χ2v) is 11.7. The normalized spacial score (nSPS) is 24.7. The van der Waals surface area contributed by atoms with Crippen molar-refractivity contribution in [2.24, 2.45) is 5.73 Å². The number of aliphatic hydroxyl groups excluding tert-OH is 1. The van der Waals surface area contributed by atoms with Crippen LogP contribution in [0, 0.1) is 0 Å². The average Bonchev–Trinajstić information content (AvgIpc) is 3.84. The first-order valence-electron chi connectivity index (χ1n) is 15.5. The largest absolute Gasteiger partial charge is 0.457 e. The van der Waals surface area contributed by atoms with Crippen LogP contribution in [0.3, 0.4) is 0 Å². The van der Waals surface area contributed by atoms with E-state index in [0.29, 0.717) is 41.8 Å². The molecule has 1 aliphatic heterocycles. The number of imidazole rings is 1. The van der Waals surface area contributed by atoms with Crippen molar-refractivity contribution in [2.45, 2.75) is 68.2 Å². The van der Waals surface area contributed by atoms with E-state index in [-0.39, 0.29) is 18.0 Å². The average molecular weight is 625 g/mol. The Hall–Kier alpha value is -4.92. The first-order chi connectivity index (χ1) is 22.6. The smallest absolute Gasteiger partial charge is 0.293 e. The van der Waals surface area contributed by atoms with Crippen molar-refractivity contribution in [3.05, 3.63) is 90.3 Å². The Morgan fingerprint density at radius 2 is 1.76 bits per heavy atom. The number of H-pyrrole nitrogens is 1. The molecule has 14 heteroatoms. The van der Waals surface area contributed by atoms with Crippen LogP contribution in [0.1, 0.15) is 60.9 Å². The molecule has 1 saturated carbocycles. The molecule has 0 bridgehead atoms. The quantitative estimate of drug-likeness (QED) is 0.135. The maximum absolute atomic E-state index is 11.5. The van der Waals surface area contributed by atoms with Gasteiger partial charge in [0.15, 0.2) is 35.1 Å². The van der Waals surface area contributed by atoms with Gasteiger partial charge in [0.1, 0.15) is 18.5 Å². The molecule has 238 valence electrons. The molecule has 14 nitrogen and oxygen atoms in total. The van der Waals surface area contributed by atoms with Gasteiger partial charge in [0, 0.05) is 24.5 Å². The van der Waals surface area contributed by atoms with Crippen molar-refractivity contribution >= 4 is 29.4 Å². The molecule has 0 unspecified atom stereocenters. The minimum absolute atomic E-state index is 0.0343. The van der Waals surface area contributed by atoms with Crippen LogP contribution in [0.25, 0.3) is 11.2 Å². The first-order valence-corrected chi connectivity index (χ1v) is 15.5. The lowest BCUT2D eigenvalue weighted by atomic mass is 9.91. The second kappa shape index (κ2) is 13.2. The van der Waals surface area contributed by atoms with Gasteiger partial charge >= 0.3 is 0 Å². The molecule has 3 aromatic heterocycles. The molecule has 46 heavy (non-hydrogen) atoms. The number of nitrogens with one attached hydrogen (secondary N) is 3. The molecule has 1 saturated heterocycles. The number of carbonyl (C=O) groups excluding carboxylic acids is 1. The number of aromatic nitrogens is 7. The highest BCUT2D eigenvalue weighted by molar-refractivity contribution is 5.84. The van der Waals surface area contributed by atoms with Gasteiger partial charge in [0.2, 0.25) is 5.95 Å². The van der Waals surface area contributed by atoms with Gasteiger partial charge in [-0.2, -0.15) is 15.1 Å². The van der Waals surface area contributed by atoms with Crippen LogP contribution in [0.5, 0.6) is 0 Å². The first kappa shape index (κ1) is 29.8. The van der Waals surface area contributed by atoms with E-state index < -0.39 is 24.5 Å². The number of fused-ring (bicyclic) bond motifs is 1. The molecule has 5 aromatic rings. The highest BCUT2D eigenvalue weighted by Gasteiger charge is 2.49. The van der Waals surface area contributed by atoms with Crippen molar-refractivity contribution in [3.63, 3.8) is 0 Å². The van der Waals surface area contributed by atoms with Gasteiger partial charge in [-0.25, -0.2) is 9.97 Å². The number of rotatable bonds is 11. The van der Waals surface area contributed by atoms with E-state index in [0.717, 1.165) is 36.8 Å². The molecule has 0 radical (unpaired) electrons. The zero-order valence-corrected chi connectivity index (χ0v) is 25.0. The molecule has 2 aliphatic rings. The Kier molecular flexibility index (Phi) is 8.55. The maximum Gasteiger partial charge on any atom is 0.293 e. The van der Waals surface area contributed by atoms with E-state index in [1.165, 1.54) is 6.33 Å². The fourth-order valence-corrected chi connectivity index (χ4v) is 6.40. The highest BCUT2D eigenvalue weighted by atomic mass is 16.6. The van der Waals surface area contributed by atoms with Crippen LogP contribution in [0.15, 0.2) is 73.3 Å². The summed E-state index contributed by atoms with van der Waals surface area (Å²) in [5.41, 5.74) is 9.43. The maximum atomic E-state index is 11.5. The number of nitrogens with two attached hydrogens (primary N) is 1. The number of aliphatic hydroxyl groups is 1. The van der Waals surface area contributed by atoms with Crippen molar-refractivity contribution in [1.82, 2.24) is 34.7 Å². The predicted octanol–water partition coefficient (Wildman–Crippen LogP) is 3.04. The summed E-state index contributed by atoms with van der Waals surface area (Å²) in [6, 6.07) is 21.0. The summed E-state index contributed by atoms with van der Waals surface area (Å²) in [4.78, 5) is 30.1. The van der Waals surface area contributed by atoms with E-state index in [4.69, 9.17) is 25.2 Å². The predicted molar refractivity (Wildman–Crippen MR) is 169 cm³/mol. The summed E-state index contributed by atoms with van der Waals surface area (Å²) in [6.45, 7) is 0.829. The van der Waals surface area contributed by atoms with E-state index in [1.54, 1.807) is 10.9 Å². The summed E-state index contributed by atoms with van der Waals surface area (Å²) < 4.78 is 13.2. The number of benzene rings is 2. The Labute approximate surface area is 264 Å². The number of anilines is 2. The van der Waals surface area contributed by atoms with Crippen molar-refractivity contribution in [1.29, 1.82) is 0 Å². The minimum Gasteiger partial charge on any atom is -0.457 e. The third-order valence-electron chi connectivity index (χ3n) is 8.81. The van der Waals surface area contributed by atoms with Gasteiger partial charge in [-0.15, -0.1) is 0 Å². The molecule has 6 N–H and O–H groups in total. The van der Waals surface area contributed by atoms with Crippen LogP contribution < -0.4 is 16.4 Å². The van der Waals surface area contributed by atoms with Crippen LogP contribution in [-0.2, 0) is 14.3 Å². The Bertz CT molecular complexity index is 1690. The third-order valence-corrected chi connectivity index (χ3v) is 8.81. The molecule has 4 heterocycles. The van der Waals surface area contributed by atoms with E-state index in [9.17, 15) is 9.90 Å². The minimum atomic E-state index is -1.22. The van der Waals surface area contributed by atoms with Gasteiger partial charge in [-0.1, -0.05) is 60.7 Å². The Morgan fingerprint density at radius 3 is 2.41 bits per heavy atom. The number of hydrogen-bond acceptors (Lipinski definition) is 12. The van der Waals surface area contributed by atoms with E-state index >= 15 is 0 Å². The van der Waals surface area contributed by atoms with Gasteiger partial charge in [-0.3, -0.25) is 14.5 Å². The zero-order chi connectivity index (χ0) is 31.5. The van der Waals surface area contributed by atoms with Gasteiger partial charge < -0.3 is 30.9 Å². The Morgan fingerprint density at radius 1 is 1.04 bits per heavy atom. The molecular weight excluding hydrogens is 588 g/mol. The monoisotopic (exact) mass is 624 g/mol. The lowest BCUT2D eigenvalue weighted by Crippen LogP contribution is -2.33. The summed E-state index contributed by atoms with van der Waals surface area (Å²) in [7, 11) is 0. The summed E-state index contributed by atoms with van der Waals surface area (Å²) in [6.07, 6.45) is 2.36. The molecular formula is C32H36N10O4. The van der Waals surface area contributed by atoms with Crippen LogP contribution >= 0.6 is 0 Å². The molecule has 4 atom stereocenters. The van der Waals surface area contributed by atoms with Gasteiger partial charge in [0.25, 0.3) is 6.47 Å². The second-order valence-electron chi connectivity index (χ2n) is 11.7. The highest BCUT2D eigenvalue weighted by Crippen LogP contribution is 2.40. The van der Waals surface area contributed by atoms with Crippen LogP contribution in [-0.4, -0.2) is 77.1 Å². The molecule has 0 amide bonds. The standard InChI is InChI=1S/C32H36N10O4/c33-21-11-13-22(14-12-21)38-32-39-28(34-15-23(19-7-3-1-4-8-19)20-9-5-2-6-10-20)24-30(40-32)42(17-36-24)31-27(45-18-43)25(44)26(46-31)29-35-16-37-41-29/h1-10,16-18,21-23,25-27,31,44H,11-15,33H2,(H,35,37,41)(H2,34,38,39,40)/t21?,22?,25-,26+,27-,31-/m1/s1. The van der Waals surface area contributed by atoms with Crippen molar-refractivity contribution in [2.75, 3.05) is 17.2 Å². The van der Waals surface area contributed by atoms with Crippen molar-refractivity contribution in [3.8, 4) is 0 Å². The lowest BCUT2D eigenvalue weighted by molar-refractivity contribution is -0.142. The number of hydrogen-bond donors (Lipinski definition) is 5. The SMILES string of the molecule is NC1CCC(Nc2nc(NCC(c3ccccc3)c3ccccc3)c3ncn([C@@H]4O[C@H](c5ncn[nH]5)[C@@H](O)[C@H]4OC=O)c3n2)CC1. The molecule has 1 aliphatic carbocycles. The topological polar surface area (TPSA) is 191 Å². The van der Waals surface area contributed by atoms with Crippen molar-refractivity contribution < 1.29 is 19.4 Å².